The average Bonchev–Trinajstić information content (AvgIpc) is 2.78. The molecule has 162 valence electrons. The van der Waals surface area contributed by atoms with Crippen LogP contribution >= 0.6 is 0 Å². The van der Waals surface area contributed by atoms with Crippen molar-refractivity contribution in [3.8, 4) is 5.75 Å². The highest BCUT2D eigenvalue weighted by atomic mass is 19.4. The summed E-state index contributed by atoms with van der Waals surface area (Å²) in [5, 5.41) is 3.37. The van der Waals surface area contributed by atoms with Gasteiger partial charge in [-0.15, -0.1) is 13.2 Å². The van der Waals surface area contributed by atoms with Crippen LogP contribution in [-0.2, 0) is 6.54 Å². The van der Waals surface area contributed by atoms with Crippen LogP contribution < -0.4 is 15.0 Å². The van der Waals surface area contributed by atoms with Crippen molar-refractivity contribution in [2.45, 2.75) is 38.2 Å². The minimum Gasteiger partial charge on any atom is -0.406 e. The molecular formula is C25H25F3N2O. The molecule has 0 aromatic heterocycles. The Morgan fingerprint density at radius 2 is 1.68 bits per heavy atom. The first-order valence-corrected chi connectivity index (χ1v) is 10.5. The molecule has 3 aromatic carbocycles. The summed E-state index contributed by atoms with van der Waals surface area (Å²) in [6.07, 6.45) is -1.14. The average molecular weight is 426 g/mol. The van der Waals surface area contributed by atoms with E-state index in [0.717, 1.165) is 24.2 Å². The van der Waals surface area contributed by atoms with Crippen LogP contribution in [0.3, 0.4) is 0 Å². The van der Waals surface area contributed by atoms with Gasteiger partial charge in [0.15, 0.2) is 0 Å². The van der Waals surface area contributed by atoms with Gasteiger partial charge in [-0.25, -0.2) is 0 Å². The van der Waals surface area contributed by atoms with Crippen LogP contribution in [0.2, 0.25) is 0 Å². The van der Waals surface area contributed by atoms with Crippen LogP contribution in [0.15, 0.2) is 78.9 Å². The summed E-state index contributed by atoms with van der Waals surface area (Å²) < 4.78 is 40.8. The van der Waals surface area contributed by atoms with Gasteiger partial charge in [-0.1, -0.05) is 48.5 Å². The molecule has 0 saturated carbocycles. The predicted octanol–water partition coefficient (Wildman–Crippen LogP) is 6.93. The zero-order valence-corrected chi connectivity index (χ0v) is 17.1. The molecule has 1 aliphatic rings. The standard InChI is InChI=1S/C25H25F3N2O/c26-25(27,28)31-23-14-12-19(13-15-23)18-29-21-9-6-10-22(17-21)30-16-5-4-11-24(30)20-7-2-1-3-8-20/h1-3,6-10,12-15,17,24,29H,4-5,11,16,18H2. The van der Waals surface area contributed by atoms with E-state index in [-0.39, 0.29) is 5.75 Å². The molecule has 0 amide bonds. The summed E-state index contributed by atoms with van der Waals surface area (Å²) in [6, 6.07) is 25.2. The first-order valence-electron chi connectivity index (χ1n) is 10.5. The van der Waals surface area contributed by atoms with E-state index in [2.05, 4.69) is 51.4 Å². The largest absolute Gasteiger partial charge is 0.573 e. The van der Waals surface area contributed by atoms with Crippen LogP contribution in [0.1, 0.15) is 36.4 Å². The fourth-order valence-corrected chi connectivity index (χ4v) is 4.07. The highest BCUT2D eigenvalue weighted by Gasteiger charge is 2.31. The Balaban J connectivity index is 1.43. The quantitative estimate of drug-likeness (QED) is 0.463. The third-order valence-electron chi connectivity index (χ3n) is 5.52. The molecule has 1 atom stereocenters. The van der Waals surface area contributed by atoms with E-state index >= 15 is 0 Å². The fourth-order valence-electron chi connectivity index (χ4n) is 4.07. The lowest BCUT2D eigenvalue weighted by Crippen LogP contribution is -2.33. The molecule has 1 fully saturated rings. The Bertz CT molecular complexity index is 974. The van der Waals surface area contributed by atoms with Gasteiger partial charge in [-0.2, -0.15) is 0 Å². The van der Waals surface area contributed by atoms with Crippen molar-refractivity contribution >= 4 is 11.4 Å². The van der Waals surface area contributed by atoms with Crippen molar-refractivity contribution in [1.29, 1.82) is 0 Å². The number of benzene rings is 3. The molecule has 1 N–H and O–H groups in total. The van der Waals surface area contributed by atoms with E-state index < -0.39 is 6.36 Å². The molecule has 0 aliphatic carbocycles. The number of nitrogens with one attached hydrogen (secondary N) is 1. The van der Waals surface area contributed by atoms with Crippen LogP contribution in [0.4, 0.5) is 24.5 Å². The van der Waals surface area contributed by atoms with Gasteiger partial charge in [-0.3, -0.25) is 0 Å². The Morgan fingerprint density at radius 3 is 2.42 bits per heavy atom. The first kappa shape index (κ1) is 21.1. The van der Waals surface area contributed by atoms with E-state index in [4.69, 9.17) is 0 Å². The zero-order chi connectivity index (χ0) is 21.7. The number of halogens is 3. The number of rotatable bonds is 6. The second kappa shape index (κ2) is 9.33. The Labute approximate surface area is 180 Å². The lowest BCUT2D eigenvalue weighted by molar-refractivity contribution is -0.274. The summed E-state index contributed by atoms with van der Waals surface area (Å²) in [5.41, 5.74) is 4.36. The van der Waals surface area contributed by atoms with Crippen LogP contribution in [0.25, 0.3) is 0 Å². The molecule has 6 heteroatoms. The summed E-state index contributed by atoms with van der Waals surface area (Å²) in [7, 11) is 0. The molecule has 0 radical (unpaired) electrons. The van der Waals surface area contributed by atoms with Crippen molar-refractivity contribution in [2.75, 3.05) is 16.8 Å². The minimum absolute atomic E-state index is 0.213. The Hall–Kier alpha value is -3.15. The predicted molar refractivity (Wildman–Crippen MR) is 117 cm³/mol. The third kappa shape index (κ3) is 5.72. The van der Waals surface area contributed by atoms with Crippen LogP contribution in [-0.4, -0.2) is 12.9 Å². The molecule has 1 saturated heterocycles. The highest BCUT2D eigenvalue weighted by molar-refractivity contribution is 5.59. The second-order valence-corrected chi connectivity index (χ2v) is 7.71. The fraction of sp³-hybridized carbons (Fsp3) is 0.280. The van der Waals surface area contributed by atoms with E-state index in [9.17, 15) is 13.2 Å². The SMILES string of the molecule is FC(F)(F)Oc1ccc(CNc2cccc(N3CCCCC3c3ccccc3)c2)cc1. The lowest BCUT2D eigenvalue weighted by Gasteiger charge is -2.38. The number of hydrogen-bond acceptors (Lipinski definition) is 3. The molecule has 1 unspecified atom stereocenters. The number of anilines is 2. The van der Waals surface area contributed by atoms with E-state index in [0.29, 0.717) is 12.6 Å². The summed E-state index contributed by atoms with van der Waals surface area (Å²) in [5.74, 6) is -0.213. The third-order valence-corrected chi connectivity index (χ3v) is 5.52. The smallest absolute Gasteiger partial charge is 0.406 e. The van der Waals surface area contributed by atoms with Crippen molar-refractivity contribution in [3.05, 3.63) is 90.0 Å². The first-order chi connectivity index (χ1) is 15.0. The van der Waals surface area contributed by atoms with Crippen molar-refractivity contribution in [3.63, 3.8) is 0 Å². The van der Waals surface area contributed by atoms with Crippen LogP contribution in [0, 0.1) is 0 Å². The number of alkyl halides is 3. The summed E-state index contributed by atoms with van der Waals surface area (Å²) in [4.78, 5) is 2.47. The summed E-state index contributed by atoms with van der Waals surface area (Å²) in [6.45, 7) is 1.53. The second-order valence-electron chi connectivity index (χ2n) is 7.71. The van der Waals surface area contributed by atoms with Crippen molar-refractivity contribution in [1.82, 2.24) is 0 Å². The number of ether oxygens (including phenoxy) is 1. The van der Waals surface area contributed by atoms with Gasteiger partial charge < -0.3 is 15.0 Å². The normalized spacial score (nSPS) is 16.7. The number of nitrogens with zero attached hydrogens (tertiary/aromatic N) is 1. The molecule has 0 spiro atoms. The Kier molecular flexibility index (Phi) is 6.35. The molecule has 3 nitrogen and oxygen atoms in total. The maximum absolute atomic E-state index is 12.3. The van der Waals surface area contributed by atoms with Gasteiger partial charge in [-0.05, 0) is 60.7 Å². The highest BCUT2D eigenvalue weighted by Crippen LogP contribution is 2.35. The minimum atomic E-state index is -4.67. The molecular weight excluding hydrogens is 401 g/mol. The van der Waals surface area contributed by atoms with Crippen molar-refractivity contribution in [2.24, 2.45) is 0 Å². The summed E-state index contributed by atoms with van der Waals surface area (Å²) >= 11 is 0. The molecule has 1 heterocycles. The maximum Gasteiger partial charge on any atom is 0.573 e. The number of piperidine rings is 1. The van der Waals surface area contributed by atoms with E-state index in [1.54, 1.807) is 12.1 Å². The molecule has 31 heavy (non-hydrogen) atoms. The van der Waals surface area contributed by atoms with Gasteiger partial charge in [0.05, 0.1) is 6.04 Å². The monoisotopic (exact) mass is 426 g/mol. The van der Waals surface area contributed by atoms with Gasteiger partial charge in [0.25, 0.3) is 0 Å². The van der Waals surface area contributed by atoms with Gasteiger partial charge in [0, 0.05) is 24.5 Å². The molecule has 1 aliphatic heterocycles. The topological polar surface area (TPSA) is 24.5 Å². The zero-order valence-electron chi connectivity index (χ0n) is 17.1. The van der Waals surface area contributed by atoms with E-state index in [1.807, 2.05) is 18.2 Å². The van der Waals surface area contributed by atoms with E-state index in [1.165, 1.54) is 36.2 Å². The van der Waals surface area contributed by atoms with Crippen molar-refractivity contribution < 1.29 is 17.9 Å². The van der Waals surface area contributed by atoms with Gasteiger partial charge >= 0.3 is 6.36 Å². The maximum atomic E-state index is 12.3. The molecule has 3 aromatic rings. The number of hydrogen-bond donors (Lipinski definition) is 1. The lowest BCUT2D eigenvalue weighted by atomic mass is 9.94. The molecule has 0 bridgehead atoms. The van der Waals surface area contributed by atoms with Crippen LogP contribution in [0.5, 0.6) is 5.75 Å². The molecule has 4 rings (SSSR count). The Morgan fingerprint density at radius 1 is 0.903 bits per heavy atom. The van der Waals surface area contributed by atoms with Gasteiger partial charge in [0.1, 0.15) is 5.75 Å². The van der Waals surface area contributed by atoms with Gasteiger partial charge in [0.2, 0.25) is 0 Å².